The van der Waals surface area contributed by atoms with E-state index in [2.05, 4.69) is 0 Å². The molecular formula is C29H24ClN5O5. The summed E-state index contributed by atoms with van der Waals surface area (Å²) in [5.74, 6) is -1.81. The van der Waals surface area contributed by atoms with Gasteiger partial charge in [0.15, 0.2) is 0 Å². The predicted molar refractivity (Wildman–Crippen MR) is 148 cm³/mol. The summed E-state index contributed by atoms with van der Waals surface area (Å²) in [7, 11) is 1.39. The number of para-hydroxylation sites is 1. The van der Waals surface area contributed by atoms with Crippen molar-refractivity contribution in [2.24, 2.45) is 0 Å². The molecule has 0 aliphatic carbocycles. The third kappa shape index (κ3) is 5.04. The van der Waals surface area contributed by atoms with E-state index in [1.807, 2.05) is 60.7 Å². The molecule has 1 aliphatic rings. The Kier molecular flexibility index (Phi) is 7.35. The number of aliphatic carboxylic acids is 1. The molecule has 202 valence electrons. The molecule has 40 heavy (non-hydrogen) atoms. The average molecular weight is 558 g/mol. The van der Waals surface area contributed by atoms with Gasteiger partial charge in [0.2, 0.25) is 6.41 Å². The fourth-order valence-electron chi connectivity index (χ4n) is 4.79. The number of hydrogen-bond acceptors (Lipinski definition) is 5. The van der Waals surface area contributed by atoms with Gasteiger partial charge in [0.1, 0.15) is 12.6 Å². The summed E-state index contributed by atoms with van der Waals surface area (Å²) in [6.45, 7) is -0.700. The molecular weight excluding hydrogens is 534 g/mol. The van der Waals surface area contributed by atoms with Crippen molar-refractivity contribution < 1.29 is 24.3 Å². The van der Waals surface area contributed by atoms with E-state index in [4.69, 9.17) is 16.7 Å². The van der Waals surface area contributed by atoms with Crippen LogP contribution in [0.25, 0.3) is 16.9 Å². The summed E-state index contributed by atoms with van der Waals surface area (Å²) in [6.07, 6.45) is 2.16. The lowest BCUT2D eigenvalue weighted by Gasteiger charge is -2.28. The molecule has 0 radical (unpaired) electrons. The minimum atomic E-state index is -1.21. The Bertz CT molecular complexity index is 1590. The lowest BCUT2D eigenvalue weighted by molar-refractivity contribution is -0.137. The molecule has 0 fully saturated rings. The van der Waals surface area contributed by atoms with Crippen LogP contribution >= 0.6 is 11.6 Å². The number of carbonyl (C=O) groups is 4. The number of anilines is 1. The van der Waals surface area contributed by atoms with Gasteiger partial charge in [-0.05, 0) is 30.3 Å². The summed E-state index contributed by atoms with van der Waals surface area (Å²) in [5.41, 5.74) is 3.52. The second-order valence-corrected chi connectivity index (χ2v) is 9.64. The number of carboxylic acids is 1. The van der Waals surface area contributed by atoms with E-state index in [-0.39, 0.29) is 6.54 Å². The Morgan fingerprint density at radius 1 is 1.05 bits per heavy atom. The van der Waals surface area contributed by atoms with Crippen LogP contribution in [0.5, 0.6) is 0 Å². The van der Waals surface area contributed by atoms with Crippen LogP contribution in [0.2, 0.25) is 5.02 Å². The first kappa shape index (κ1) is 26.6. The zero-order valence-electron chi connectivity index (χ0n) is 21.3. The molecule has 0 saturated heterocycles. The number of amides is 4. The van der Waals surface area contributed by atoms with E-state index in [9.17, 15) is 24.3 Å². The lowest BCUT2D eigenvalue weighted by Crippen LogP contribution is -2.45. The molecule has 3 aromatic carbocycles. The van der Waals surface area contributed by atoms with Gasteiger partial charge in [-0.1, -0.05) is 60.1 Å². The zero-order valence-corrected chi connectivity index (χ0v) is 22.1. The van der Waals surface area contributed by atoms with E-state index >= 15 is 0 Å². The van der Waals surface area contributed by atoms with Crippen molar-refractivity contribution in [3.63, 3.8) is 0 Å². The number of halogens is 1. The lowest BCUT2D eigenvalue weighted by atomic mass is 10.1. The molecule has 0 saturated carbocycles. The molecule has 1 aliphatic heterocycles. The topological polar surface area (TPSA) is 116 Å². The maximum atomic E-state index is 13.6. The molecule has 4 amide bonds. The summed E-state index contributed by atoms with van der Waals surface area (Å²) in [4.78, 5) is 53.8. The zero-order chi connectivity index (χ0) is 28.4. The van der Waals surface area contributed by atoms with Gasteiger partial charge in [0.05, 0.1) is 23.6 Å². The molecule has 5 rings (SSSR count). The van der Waals surface area contributed by atoms with Crippen LogP contribution in [0, 0.1) is 0 Å². The highest BCUT2D eigenvalue weighted by Crippen LogP contribution is 2.40. The van der Waals surface area contributed by atoms with Crippen molar-refractivity contribution in [2.75, 3.05) is 18.5 Å². The third-order valence-electron chi connectivity index (χ3n) is 6.63. The van der Waals surface area contributed by atoms with Crippen molar-refractivity contribution in [3.8, 4) is 16.9 Å². The number of benzene rings is 3. The SMILES string of the molecule is CN(C(=O)N(C=O)Cc1cn(-c2ccccc2)nc1-c1ccccc1)C1C(=O)N(CC(=O)O)c2ccc(Cl)cc21. The third-order valence-corrected chi connectivity index (χ3v) is 6.86. The van der Waals surface area contributed by atoms with Gasteiger partial charge in [-0.15, -0.1) is 0 Å². The van der Waals surface area contributed by atoms with Crippen molar-refractivity contribution in [1.82, 2.24) is 19.6 Å². The van der Waals surface area contributed by atoms with Crippen LogP contribution in [-0.4, -0.2) is 62.6 Å². The molecule has 1 atom stereocenters. The van der Waals surface area contributed by atoms with Crippen LogP contribution in [-0.2, 0) is 20.9 Å². The Morgan fingerprint density at radius 3 is 2.38 bits per heavy atom. The Morgan fingerprint density at radius 2 is 1.73 bits per heavy atom. The fraction of sp³-hybridized carbons (Fsp3) is 0.138. The minimum absolute atomic E-state index is 0.119. The molecule has 1 N–H and O–H groups in total. The summed E-state index contributed by atoms with van der Waals surface area (Å²) >= 11 is 6.17. The molecule has 1 unspecified atom stereocenters. The van der Waals surface area contributed by atoms with Crippen molar-refractivity contribution in [3.05, 3.63) is 101 Å². The number of rotatable bonds is 8. The Balaban J connectivity index is 1.47. The number of aromatic nitrogens is 2. The maximum absolute atomic E-state index is 13.6. The predicted octanol–water partition coefficient (Wildman–Crippen LogP) is 4.38. The van der Waals surface area contributed by atoms with Crippen molar-refractivity contribution in [2.45, 2.75) is 12.6 Å². The molecule has 0 spiro atoms. The van der Waals surface area contributed by atoms with Crippen LogP contribution in [0.3, 0.4) is 0 Å². The van der Waals surface area contributed by atoms with Gasteiger partial charge < -0.3 is 10.0 Å². The number of carbonyl (C=O) groups excluding carboxylic acids is 3. The van der Waals surface area contributed by atoms with Crippen LogP contribution in [0.1, 0.15) is 17.2 Å². The van der Waals surface area contributed by atoms with Gasteiger partial charge in [0, 0.05) is 35.0 Å². The number of urea groups is 1. The number of hydrogen-bond donors (Lipinski definition) is 1. The number of carboxylic acid groups (broad SMARTS) is 1. The number of likely N-dealkylation sites (N-methyl/N-ethyl adjacent to an activating group) is 1. The second-order valence-electron chi connectivity index (χ2n) is 9.20. The highest BCUT2D eigenvalue weighted by molar-refractivity contribution is 6.31. The quantitative estimate of drug-likeness (QED) is 0.322. The fourth-order valence-corrected chi connectivity index (χ4v) is 4.97. The standard InChI is InChI=1S/C29H24ClN5O5/c1-32(27-23-14-21(30)12-13-24(23)34(28(27)39)17-25(37)38)29(40)33(18-36)15-20-16-35(22-10-6-3-7-11-22)31-26(20)19-8-4-2-5-9-19/h2-14,16,18,27H,15,17H2,1H3,(H,37,38). The van der Waals surface area contributed by atoms with Crippen LogP contribution < -0.4 is 4.90 Å². The van der Waals surface area contributed by atoms with E-state index < -0.39 is 30.5 Å². The van der Waals surface area contributed by atoms with E-state index in [1.165, 1.54) is 13.1 Å². The largest absolute Gasteiger partial charge is 0.480 e. The molecule has 11 heteroatoms. The highest BCUT2D eigenvalue weighted by Gasteiger charge is 2.43. The van der Waals surface area contributed by atoms with E-state index in [0.717, 1.165) is 26.0 Å². The maximum Gasteiger partial charge on any atom is 0.327 e. The first-order chi connectivity index (χ1) is 19.3. The number of fused-ring (bicyclic) bond motifs is 1. The highest BCUT2D eigenvalue weighted by atomic mass is 35.5. The molecule has 1 aromatic heterocycles. The van der Waals surface area contributed by atoms with Gasteiger partial charge >= 0.3 is 12.0 Å². The van der Waals surface area contributed by atoms with Gasteiger partial charge in [-0.2, -0.15) is 5.10 Å². The Hall–Kier alpha value is -4.96. The molecule has 4 aromatic rings. The molecule has 10 nitrogen and oxygen atoms in total. The molecule has 0 bridgehead atoms. The minimum Gasteiger partial charge on any atom is -0.480 e. The average Bonchev–Trinajstić information content (AvgIpc) is 3.50. The number of nitrogens with zero attached hydrogens (tertiary/aromatic N) is 5. The molecule has 2 heterocycles. The van der Waals surface area contributed by atoms with Crippen molar-refractivity contribution in [1.29, 1.82) is 0 Å². The first-order valence-electron chi connectivity index (χ1n) is 12.3. The smallest absolute Gasteiger partial charge is 0.327 e. The normalized spacial score (nSPS) is 14.1. The monoisotopic (exact) mass is 557 g/mol. The number of imide groups is 1. The van der Waals surface area contributed by atoms with E-state index in [1.54, 1.807) is 23.0 Å². The summed E-state index contributed by atoms with van der Waals surface area (Å²) in [6, 6.07) is 21.5. The van der Waals surface area contributed by atoms with Crippen molar-refractivity contribution >= 4 is 41.6 Å². The van der Waals surface area contributed by atoms with E-state index in [0.29, 0.717) is 33.9 Å². The summed E-state index contributed by atoms with van der Waals surface area (Å²) < 4.78 is 1.68. The van der Waals surface area contributed by atoms with Gasteiger partial charge in [0.25, 0.3) is 5.91 Å². The Labute approximate surface area is 234 Å². The van der Waals surface area contributed by atoms with Gasteiger partial charge in [-0.3, -0.25) is 24.2 Å². The van der Waals surface area contributed by atoms with Crippen LogP contribution in [0.15, 0.2) is 85.1 Å². The van der Waals surface area contributed by atoms with Crippen LogP contribution in [0.4, 0.5) is 10.5 Å². The second kappa shape index (κ2) is 11.0. The summed E-state index contributed by atoms with van der Waals surface area (Å²) in [5, 5.41) is 14.4. The first-order valence-corrected chi connectivity index (χ1v) is 12.7. The van der Waals surface area contributed by atoms with Gasteiger partial charge in [-0.25, -0.2) is 9.48 Å².